The Labute approximate surface area is 215 Å². The molecule has 3 heterocycles. The highest BCUT2D eigenvalue weighted by Crippen LogP contribution is 2.41. The molecule has 5 rings (SSSR count). The first kappa shape index (κ1) is 25.2. The topological polar surface area (TPSA) is 100 Å². The number of carbonyl (C=O) groups is 3. The van der Waals surface area contributed by atoms with E-state index < -0.39 is 12.0 Å². The van der Waals surface area contributed by atoms with Crippen molar-refractivity contribution in [1.29, 1.82) is 0 Å². The number of methoxy groups -OCH3 is 1. The molecule has 1 N–H and O–H groups in total. The third-order valence-electron chi connectivity index (χ3n) is 7.94. The minimum Gasteiger partial charge on any atom is -0.481 e. The van der Waals surface area contributed by atoms with Crippen molar-refractivity contribution in [2.24, 2.45) is 5.92 Å². The van der Waals surface area contributed by atoms with E-state index in [1.165, 1.54) is 13.2 Å². The molecule has 0 radical (unpaired) electrons. The summed E-state index contributed by atoms with van der Waals surface area (Å²) in [5, 5.41) is 9.03. The summed E-state index contributed by atoms with van der Waals surface area (Å²) in [5.74, 6) is -1.02. The Bertz CT molecular complexity index is 1270. The van der Waals surface area contributed by atoms with Crippen molar-refractivity contribution in [1.82, 2.24) is 14.8 Å². The smallest absolute Gasteiger partial charge is 0.320 e. The van der Waals surface area contributed by atoms with Crippen molar-refractivity contribution in [2.45, 2.75) is 57.4 Å². The van der Waals surface area contributed by atoms with E-state index in [1.54, 1.807) is 21.9 Å². The van der Waals surface area contributed by atoms with Gasteiger partial charge in [0.2, 0.25) is 5.88 Å². The number of likely N-dealkylation sites (tertiary alicyclic amines) is 1. The fraction of sp³-hybridized carbons (Fsp3) is 0.500. The number of amides is 2. The first-order valence-electron chi connectivity index (χ1n) is 12.7. The van der Waals surface area contributed by atoms with Gasteiger partial charge < -0.3 is 19.6 Å². The number of pyridine rings is 1. The minimum atomic E-state index is -0.887. The molecule has 1 aliphatic carbocycles. The summed E-state index contributed by atoms with van der Waals surface area (Å²) < 4.78 is 20.4. The lowest BCUT2D eigenvalue weighted by Gasteiger charge is -2.44. The number of aryl methyl sites for hydroxylation is 1. The number of halogens is 1. The number of Topliss-reactive ketones (excluding diaryl/α,β-unsaturated/α-hetero) is 1. The van der Waals surface area contributed by atoms with Crippen molar-refractivity contribution < 1.29 is 28.6 Å². The first-order chi connectivity index (χ1) is 17.6. The number of ether oxygens (including phenoxy) is 1. The van der Waals surface area contributed by atoms with Crippen LogP contribution in [0.25, 0.3) is 0 Å². The summed E-state index contributed by atoms with van der Waals surface area (Å²) in [7, 11) is 1.52. The van der Waals surface area contributed by atoms with Gasteiger partial charge in [0.25, 0.3) is 0 Å². The van der Waals surface area contributed by atoms with Crippen LogP contribution in [-0.4, -0.2) is 64.4 Å². The molecule has 0 bridgehead atoms. The van der Waals surface area contributed by atoms with Crippen LogP contribution in [0.4, 0.5) is 9.18 Å². The molecule has 2 amide bonds. The van der Waals surface area contributed by atoms with Gasteiger partial charge in [0.1, 0.15) is 11.9 Å². The van der Waals surface area contributed by atoms with E-state index in [1.807, 2.05) is 19.9 Å². The van der Waals surface area contributed by atoms with Gasteiger partial charge in [-0.1, -0.05) is 19.9 Å². The quantitative estimate of drug-likeness (QED) is 0.638. The van der Waals surface area contributed by atoms with E-state index in [0.717, 1.165) is 24.0 Å². The number of aromatic nitrogens is 1. The predicted molar refractivity (Wildman–Crippen MR) is 133 cm³/mol. The molecule has 0 spiro atoms. The van der Waals surface area contributed by atoms with Crippen molar-refractivity contribution in [3.05, 3.63) is 58.0 Å². The highest BCUT2D eigenvalue weighted by atomic mass is 19.1. The largest absolute Gasteiger partial charge is 0.481 e. The fourth-order valence-electron chi connectivity index (χ4n) is 6.07. The summed E-state index contributed by atoms with van der Waals surface area (Å²) in [6.45, 7) is 5.07. The highest BCUT2D eigenvalue weighted by molar-refractivity contribution is 5.92. The molecule has 0 unspecified atom stereocenters. The number of fused-ring (bicyclic) bond motifs is 2. The number of ketones is 1. The molecular formula is C28H32FN3O5. The van der Waals surface area contributed by atoms with Gasteiger partial charge in [-0.05, 0) is 47.1 Å². The Kier molecular flexibility index (Phi) is 6.41. The molecular weight excluding hydrogens is 477 g/mol. The molecule has 196 valence electrons. The monoisotopic (exact) mass is 509 g/mol. The summed E-state index contributed by atoms with van der Waals surface area (Å²) in [6, 6.07) is 5.69. The SMILES string of the molecule is COc1ccc2c(n1)CCN(C(=O)N1CC(CC(=O)O)C1)[C@H]2C(=O)Cc1cc(F)c2c(c1)CCC2(C)C. The summed E-state index contributed by atoms with van der Waals surface area (Å²) >= 11 is 0. The lowest BCUT2D eigenvalue weighted by atomic mass is 9.85. The van der Waals surface area contributed by atoms with Crippen LogP contribution in [0.3, 0.4) is 0 Å². The molecule has 9 heteroatoms. The number of benzene rings is 1. The number of urea groups is 1. The minimum absolute atomic E-state index is 0.00775. The Hall–Kier alpha value is -3.49. The second-order valence-electron chi connectivity index (χ2n) is 11.0. The molecule has 1 atom stereocenters. The number of nitrogens with zero attached hydrogens (tertiary/aromatic N) is 3. The van der Waals surface area contributed by atoms with Crippen LogP contribution >= 0.6 is 0 Å². The molecule has 3 aliphatic rings. The van der Waals surface area contributed by atoms with E-state index in [4.69, 9.17) is 9.84 Å². The zero-order chi connectivity index (χ0) is 26.5. The summed E-state index contributed by atoms with van der Waals surface area (Å²) in [6.07, 6.45) is 2.11. The zero-order valence-electron chi connectivity index (χ0n) is 21.4. The number of hydrogen-bond acceptors (Lipinski definition) is 5. The van der Waals surface area contributed by atoms with Gasteiger partial charge in [-0.2, -0.15) is 0 Å². The average molecular weight is 510 g/mol. The maximum Gasteiger partial charge on any atom is 0.320 e. The molecule has 2 aromatic rings. The van der Waals surface area contributed by atoms with Gasteiger partial charge in [-0.25, -0.2) is 14.2 Å². The third kappa shape index (κ3) is 4.67. The second kappa shape index (κ2) is 9.43. The van der Waals surface area contributed by atoms with Gasteiger partial charge in [0.05, 0.1) is 19.2 Å². The maximum absolute atomic E-state index is 15.1. The lowest BCUT2D eigenvalue weighted by Crippen LogP contribution is -2.57. The van der Waals surface area contributed by atoms with Gasteiger partial charge >= 0.3 is 12.0 Å². The standard InChI is InChI=1S/C28H32FN3O5/c1-28(2)8-6-18-10-16(11-20(29)25(18)28)12-22(33)26-19-4-5-23(37-3)30-21(19)7-9-32(26)27(36)31-14-17(15-31)13-24(34)35/h4-5,10-11,17,26H,6-9,12-15H2,1-3H3,(H,34,35)/t26-/m1/s1. The van der Waals surface area contributed by atoms with Gasteiger partial charge in [-0.3, -0.25) is 9.59 Å². The molecule has 37 heavy (non-hydrogen) atoms. The maximum atomic E-state index is 15.1. The number of carboxylic acids is 1. The number of carbonyl (C=O) groups excluding carboxylic acids is 2. The average Bonchev–Trinajstić information content (AvgIpc) is 3.13. The third-order valence-corrected chi connectivity index (χ3v) is 7.94. The number of aliphatic carboxylic acids is 1. The molecule has 0 saturated carbocycles. The number of carboxylic acid groups (broad SMARTS) is 1. The molecule has 8 nitrogen and oxygen atoms in total. The Morgan fingerprint density at radius 1 is 1.19 bits per heavy atom. The predicted octanol–water partition coefficient (Wildman–Crippen LogP) is 3.69. The van der Waals surface area contributed by atoms with Gasteiger partial charge in [-0.15, -0.1) is 0 Å². The Morgan fingerprint density at radius 2 is 1.95 bits per heavy atom. The van der Waals surface area contributed by atoms with Crippen LogP contribution in [0, 0.1) is 11.7 Å². The van der Waals surface area contributed by atoms with Crippen LogP contribution in [0.5, 0.6) is 5.88 Å². The molecule has 1 aromatic carbocycles. The molecule has 2 aliphatic heterocycles. The summed E-state index contributed by atoms with van der Waals surface area (Å²) in [4.78, 5) is 45.9. The van der Waals surface area contributed by atoms with Gasteiger partial charge in [0, 0.05) is 50.0 Å². The van der Waals surface area contributed by atoms with E-state index >= 15 is 4.39 Å². The second-order valence-corrected chi connectivity index (χ2v) is 11.0. The lowest BCUT2D eigenvalue weighted by molar-refractivity contribution is -0.139. The van der Waals surface area contributed by atoms with E-state index in [2.05, 4.69) is 4.98 Å². The molecule has 1 saturated heterocycles. The Balaban J connectivity index is 1.42. The fourth-order valence-corrected chi connectivity index (χ4v) is 6.07. The first-order valence-corrected chi connectivity index (χ1v) is 12.7. The van der Waals surface area contributed by atoms with Crippen molar-refractivity contribution in [2.75, 3.05) is 26.7 Å². The number of rotatable bonds is 6. The Morgan fingerprint density at radius 3 is 2.65 bits per heavy atom. The van der Waals surface area contributed by atoms with Crippen LogP contribution < -0.4 is 4.74 Å². The van der Waals surface area contributed by atoms with Crippen molar-refractivity contribution >= 4 is 17.8 Å². The van der Waals surface area contributed by atoms with Crippen molar-refractivity contribution in [3.63, 3.8) is 0 Å². The van der Waals surface area contributed by atoms with E-state index in [9.17, 15) is 14.4 Å². The molecule has 1 aromatic heterocycles. The van der Waals surface area contributed by atoms with Gasteiger partial charge in [0.15, 0.2) is 5.78 Å². The van der Waals surface area contributed by atoms with Crippen LogP contribution in [0.2, 0.25) is 0 Å². The zero-order valence-corrected chi connectivity index (χ0v) is 21.4. The highest BCUT2D eigenvalue weighted by Gasteiger charge is 2.42. The van der Waals surface area contributed by atoms with E-state index in [-0.39, 0.29) is 41.8 Å². The molecule has 1 fully saturated rings. The normalized spacial score (nSPS) is 20.2. The van der Waals surface area contributed by atoms with Crippen LogP contribution in [-0.2, 0) is 34.3 Å². The van der Waals surface area contributed by atoms with Crippen LogP contribution in [0.1, 0.15) is 60.7 Å². The number of hydrogen-bond donors (Lipinski definition) is 1. The van der Waals surface area contributed by atoms with Crippen LogP contribution in [0.15, 0.2) is 24.3 Å². The van der Waals surface area contributed by atoms with E-state index in [0.29, 0.717) is 48.8 Å². The van der Waals surface area contributed by atoms with Crippen molar-refractivity contribution in [3.8, 4) is 5.88 Å². The summed E-state index contributed by atoms with van der Waals surface area (Å²) in [5.41, 5.74) is 3.40.